The van der Waals surface area contributed by atoms with Crippen molar-refractivity contribution in [3.8, 4) is 10.6 Å². The number of aromatic nitrogens is 1. The van der Waals surface area contributed by atoms with Crippen LogP contribution in [0.4, 0.5) is 5.88 Å². The zero-order valence-corrected chi connectivity index (χ0v) is 14.7. The third-order valence-electron chi connectivity index (χ3n) is 3.33. The minimum atomic E-state index is -0.302. The first-order valence-electron chi connectivity index (χ1n) is 6.89. The number of rotatable bonds is 4. The van der Waals surface area contributed by atoms with Gasteiger partial charge in [0.25, 0.3) is 5.91 Å². The summed E-state index contributed by atoms with van der Waals surface area (Å²) in [5.41, 5.74) is 8.69. The molecule has 1 aromatic carbocycles. The first-order valence-corrected chi connectivity index (χ1v) is 8.50. The number of aryl methyl sites for hydroxylation is 1. The number of halogens is 1. The highest BCUT2D eigenvalue weighted by atomic mass is 79.9. The molecule has 5 nitrogen and oxygen atoms in total. The zero-order chi connectivity index (χ0) is 16.4. The van der Waals surface area contributed by atoms with Crippen LogP contribution in [0.15, 0.2) is 44.7 Å². The molecular formula is C16H14BrN3O2S. The molecule has 3 aromatic rings. The largest absolute Gasteiger partial charge is 0.367 e. The maximum atomic E-state index is 12.5. The number of hydrogen-bond acceptors (Lipinski definition) is 5. The summed E-state index contributed by atoms with van der Waals surface area (Å²) in [6.07, 6.45) is 0. The van der Waals surface area contributed by atoms with Gasteiger partial charge < -0.3 is 15.6 Å². The van der Waals surface area contributed by atoms with Crippen LogP contribution in [0, 0.1) is 6.92 Å². The Kier molecular flexibility index (Phi) is 4.49. The average molecular weight is 392 g/mol. The van der Waals surface area contributed by atoms with Gasteiger partial charge in [0.05, 0.1) is 8.66 Å². The van der Waals surface area contributed by atoms with E-state index in [1.54, 1.807) is 0 Å². The molecule has 0 unspecified atom stereocenters. The van der Waals surface area contributed by atoms with E-state index in [1.165, 1.54) is 16.9 Å². The Bertz CT molecular complexity index is 839. The van der Waals surface area contributed by atoms with Crippen LogP contribution in [-0.4, -0.2) is 11.1 Å². The number of carbonyl (C=O) groups is 1. The van der Waals surface area contributed by atoms with Crippen LogP contribution >= 0.6 is 27.3 Å². The van der Waals surface area contributed by atoms with Crippen molar-refractivity contribution in [1.29, 1.82) is 0 Å². The molecule has 3 N–H and O–H groups in total. The molecule has 0 saturated heterocycles. The summed E-state index contributed by atoms with van der Waals surface area (Å²) in [6, 6.07) is 11.7. The van der Waals surface area contributed by atoms with Crippen molar-refractivity contribution in [1.82, 2.24) is 10.5 Å². The van der Waals surface area contributed by atoms with E-state index in [2.05, 4.69) is 26.4 Å². The lowest BCUT2D eigenvalue weighted by molar-refractivity contribution is 0.0952. The standard InChI is InChI=1S/C16H14BrN3O2S/c1-9-2-4-10(5-3-9)8-19-16(21)13-14(20-22-15(13)18)11-6-7-12(17)23-11/h2-7H,8,18H2,1H3,(H,19,21). The monoisotopic (exact) mass is 391 g/mol. The Balaban J connectivity index is 1.79. The van der Waals surface area contributed by atoms with E-state index in [-0.39, 0.29) is 17.4 Å². The zero-order valence-electron chi connectivity index (χ0n) is 12.3. The first kappa shape index (κ1) is 15.8. The van der Waals surface area contributed by atoms with Crippen molar-refractivity contribution < 1.29 is 9.32 Å². The van der Waals surface area contributed by atoms with Gasteiger partial charge in [0.2, 0.25) is 5.88 Å². The van der Waals surface area contributed by atoms with Gasteiger partial charge in [0.15, 0.2) is 0 Å². The molecule has 0 radical (unpaired) electrons. The SMILES string of the molecule is Cc1ccc(CNC(=O)c2c(-c3ccc(Br)s3)noc2N)cc1. The van der Waals surface area contributed by atoms with Gasteiger partial charge in [0.1, 0.15) is 11.3 Å². The number of benzene rings is 1. The molecule has 0 bridgehead atoms. The Labute approximate surface area is 145 Å². The molecule has 3 rings (SSSR count). The maximum Gasteiger partial charge on any atom is 0.259 e. The number of nitrogens with zero attached hydrogens (tertiary/aromatic N) is 1. The predicted molar refractivity (Wildman–Crippen MR) is 94.3 cm³/mol. The smallest absolute Gasteiger partial charge is 0.259 e. The molecule has 118 valence electrons. The number of anilines is 1. The van der Waals surface area contributed by atoms with Gasteiger partial charge in [-0.1, -0.05) is 35.0 Å². The third-order valence-corrected chi connectivity index (χ3v) is 4.96. The Morgan fingerprint density at radius 2 is 2.04 bits per heavy atom. The summed E-state index contributed by atoms with van der Waals surface area (Å²) in [6.45, 7) is 2.43. The van der Waals surface area contributed by atoms with Crippen LogP contribution in [0.3, 0.4) is 0 Å². The normalized spacial score (nSPS) is 10.7. The molecule has 1 amide bonds. The van der Waals surface area contributed by atoms with Crippen molar-refractivity contribution in [2.24, 2.45) is 0 Å². The van der Waals surface area contributed by atoms with Gasteiger partial charge in [-0.05, 0) is 40.5 Å². The molecule has 2 heterocycles. The summed E-state index contributed by atoms with van der Waals surface area (Å²) in [4.78, 5) is 13.3. The van der Waals surface area contributed by atoms with Crippen molar-refractivity contribution >= 4 is 39.1 Å². The van der Waals surface area contributed by atoms with E-state index in [4.69, 9.17) is 10.3 Å². The Morgan fingerprint density at radius 3 is 2.70 bits per heavy atom. The fraction of sp³-hybridized carbons (Fsp3) is 0.125. The van der Waals surface area contributed by atoms with Crippen LogP contribution in [0.5, 0.6) is 0 Å². The number of amides is 1. The number of carbonyl (C=O) groups excluding carboxylic acids is 1. The fourth-order valence-electron chi connectivity index (χ4n) is 2.11. The van der Waals surface area contributed by atoms with Crippen LogP contribution in [-0.2, 0) is 6.54 Å². The summed E-state index contributed by atoms with van der Waals surface area (Å²) in [5.74, 6) is -0.283. The summed E-state index contributed by atoms with van der Waals surface area (Å²) >= 11 is 4.85. The highest BCUT2D eigenvalue weighted by Gasteiger charge is 2.23. The molecule has 0 saturated carbocycles. The topological polar surface area (TPSA) is 81.2 Å². The Hall–Kier alpha value is -2.12. The molecule has 0 fully saturated rings. The van der Waals surface area contributed by atoms with Crippen molar-refractivity contribution in [2.75, 3.05) is 5.73 Å². The van der Waals surface area contributed by atoms with Crippen molar-refractivity contribution in [3.05, 3.63) is 56.9 Å². The van der Waals surface area contributed by atoms with Gasteiger partial charge in [-0.25, -0.2) is 0 Å². The maximum absolute atomic E-state index is 12.5. The number of nitrogens with two attached hydrogens (primary N) is 1. The molecule has 0 spiro atoms. The second-order valence-corrected chi connectivity index (χ2v) is 7.51. The fourth-order valence-corrected chi connectivity index (χ4v) is 3.48. The second-order valence-electron chi connectivity index (χ2n) is 5.04. The van der Waals surface area contributed by atoms with Crippen molar-refractivity contribution in [2.45, 2.75) is 13.5 Å². The van der Waals surface area contributed by atoms with Crippen LogP contribution in [0.1, 0.15) is 21.5 Å². The van der Waals surface area contributed by atoms with E-state index in [0.717, 1.165) is 14.2 Å². The molecule has 7 heteroatoms. The number of thiophene rings is 1. The Morgan fingerprint density at radius 1 is 1.30 bits per heavy atom. The number of nitrogen functional groups attached to an aromatic ring is 1. The predicted octanol–water partition coefficient (Wildman–Crippen LogP) is 3.99. The molecular weight excluding hydrogens is 378 g/mol. The lowest BCUT2D eigenvalue weighted by Crippen LogP contribution is -2.23. The third kappa shape index (κ3) is 3.46. The van der Waals surface area contributed by atoms with E-state index in [0.29, 0.717) is 12.2 Å². The molecule has 0 aliphatic rings. The molecule has 0 aliphatic heterocycles. The van der Waals surface area contributed by atoms with Gasteiger partial charge in [0, 0.05) is 6.54 Å². The second kappa shape index (κ2) is 6.55. The van der Waals surface area contributed by atoms with Crippen LogP contribution < -0.4 is 11.1 Å². The molecule has 0 aliphatic carbocycles. The quantitative estimate of drug-likeness (QED) is 0.704. The highest BCUT2D eigenvalue weighted by Crippen LogP contribution is 2.34. The lowest BCUT2D eigenvalue weighted by Gasteiger charge is -2.05. The summed E-state index contributed by atoms with van der Waals surface area (Å²) < 4.78 is 5.95. The molecule has 2 aromatic heterocycles. The van der Waals surface area contributed by atoms with E-state index < -0.39 is 0 Å². The average Bonchev–Trinajstić information content (AvgIpc) is 3.12. The highest BCUT2D eigenvalue weighted by molar-refractivity contribution is 9.11. The lowest BCUT2D eigenvalue weighted by atomic mass is 10.1. The van der Waals surface area contributed by atoms with E-state index in [1.807, 2.05) is 43.3 Å². The summed E-state index contributed by atoms with van der Waals surface area (Å²) in [7, 11) is 0. The van der Waals surface area contributed by atoms with E-state index in [9.17, 15) is 4.79 Å². The van der Waals surface area contributed by atoms with Gasteiger partial charge >= 0.3 is 0 Å². The number of hydrogen-bond donors (Lipinski definition) is 2. The molecule has 0 atom stereocenters. The first-order chi connectivity index (χ1) is 11.0. The van der Waals surface area contributed by atoms with E-state index >= 15 is 0 Å². The van der Waals surface area contributed by atoms with Crippen molar-refractivity contribution in [3.63, 3.8) is 0 Å². The molecule has 23 heavy (non-hydrogen) atoms. The van der Waals surface area contributed by atoms with Gasteiger partial charge in [-0.3, -0.25) is 4.79 Å². The number of nitrogens with one attached hydrogen (secondary N) is 1. The minimum Gasteiger partial charge on any atom is -0.367 e. The van der Waals surface area contributed by atoms with Crippen LogP contribution in [0.25, 0.3) is 10.6 Å². The summed E-state index contributed by atoms with van der Waals surface area (Å²) in [5, 5.41) is 6.77. The van der Waals surface area contributed by atoms with Crippen LogP contribution in [0.2, 0.25) is 0 Å². The van der Waals surface area contributed by atoms with Gasteiger partial charge in [-0.2, -0.15) is 0 Å². The minimum absolute atomic E-state index is 0.0194. The van der Waals surface area contributed by atoms with Gasteiger partial charge in [-0.15, -0.1) is 11.3 Å².